The summed E-state index contributed by atoms with van der Waals surface area (Å²) < 4.78 is 64.6. The third-order valence-corrected chi connectivity index (χ3v) is 10.1. The van der Waals surface area contributed by atoms with E-state index in [9.17, 15) is 19.0 Å². The second kappa shape index (κ2) is 12.5. The highest BCUT2D eigenvalue weighted by molar-refractivity contribution is 6.04. The molecule has 1 saturated carbocycles. The van der Waals surface area contributed by atoms with Crippen LogP contribution in [0.2, 0.25) is 0 Å². The Morgan fingerprint density at radius 3 is 2.78 bits per heavy atom. The van der Waals surface area contributed by atoms with E-state index in [0.717, 1.165) is 19.3 Å². The van der Waals surface area contributed by atoms with Gasteiger partial charge in [-0.1, -0.05) is 18.4 Å². The Labute approximate surface area is 281 Å². The van der Waals surface area contributed by atoms with E-state index >= 15 is 4.39 Å². The van der Waals surface area contributed by atoms with Crippen molar-refractivity contribution in [3.63, 3.8) is 0 Å². The maximum atomic E-state index is 17.1. The molecule has 2 N–H and O–H groups in total. The summed E-state index contributed by atoms with van der Waals surface area (Å²) in [6.45, 7) is 2.79. The molecule has 258 valence electrons. The lowest BCUT2D eigenvalue weighted by Gasteiger charge is -2.45. The van der Waals surface area contributed by atoms with E-state index in [2.05, 4.69) is 15.9 Å². The molecule has 2 aliphatic heterocycles. The van der Waals surface area contributed by atoms with Gasteiger partial charge in [0.05, 0.1) is 39.0 Å². The maximum Gasteiger partial charge on any atom is 0.319 e. The average molecular weight is 678 g/mol. The van der Waals surface area contributed by atoms with Gasteiger partial charge >= 0.3 is 6.01 Å². The standard InChI is InChI=1S/C36H38F3N5O5/c1-5-23-25(38)9-8-20-13-22(45)14-24(27(20)23)30-29(39)31-28(33(40-30)47-4)32(44-11-12-48-18-35(2,46)17-44)42-34(41-31)49-19-36-10-6-7-26(36)43(3)16-21(37)15-36/h1,8-9,13-14,21,26,45-46H,6-7,10-12,15-19H2,2-4H3/t21-,26+,35-,36+/m0/s1. The molecular weight excluding hydrogens is 639 g/mol. The highest BCUT2D eigenvalue weighted by Crippen LogP contribution is 2.48. The average Bonchev–Trinajstić information content (AvgIpc) is 3.40. The molecule has 3 aliphatic rings. The molecule has 10 nitrogen and oxygen atoms in total. The van der Waals surface area contributed by atoms with Crippen molar-refractivity contribution in [1.29, 1.82) is 0 Å². The minimum Gasteiger partial charge on any atom is -0.508 e. The number of anilines is 1. The minimum absolute atomic E-state index is 0.0285. The van der Waals surface area contributed by atoms with Gasteiger partial charge in [-0.3, -0.25) is 4.90 Å². The Balaban J connectivity index is 1.44. The largest absolute Gasteiger partial charge is 0.508 e. The molecule has 0 unspecified atom stereocenters. The summed E-state index contributed by atoms with van der Waals surface area (Å²) in [4.78, 5) is 17.6. The predicted octanol–water partition coefficient (Wildman–Crippen LogP) is 5.00. The van der Waals surface area contributed by atoms with Crippen LogP contribution in [-0.4, -0.2) is 101 Å². The predicted molar refractivity (Wildman–Crippen MR) is 178 cm³/mol. The number of methoxy groups -OCH3 is 1. The lowest BCUT2D eigenvalue weighted by molar-refractivity contribution is -0.0244. The van der Waals surface area contributed by atoms with Crippen LogP contribution in [0.4, 0.5) is 19.0 Å². The number of benzene rings is 2. The van der Waals surface area contributed by atoms with Crippen LogP contribution >= 0.6 is 0 Å². The SMILES string of the molecule is C#Cc1c(F)ccc2cc(O)cc(-c3nc(OC)c4c(N5CCOC[C@@](C)(O)C5)nc(OC[C@]56CCC[C@H]5N(C)C[C@@H](F)C6)nc4c3F)c12. The van der Waals surface area contributed by atoms with Gasteiger partial charge in [0, 0.05) is 35.5 Å². The van der Waals surface area contributed by atoms with Crippen molar-refractivity contribution in [1.82, 2.24) is 19.9 Å². The van der Waals surface area contributed by atoms with Gasteiger partial charge in [-0.2, -0.15) is 9.97 Å². The minimum atomic E-state index is -1.27. The summed E-state index contributed by atoms with van der Waals surface area (Å²) in [6.07, 6.45) is 7.63. The molecule has 2 aromatic carbocycles. The summed E-state index contributed by atoms with van der Waals surface area (Å²) in [5, 5.41) is 22.3. The first kappa shape index (κ1) is 33.1. The first-order valence-electron chi connectivity index (χ1n) is 16.3. The number of β-amino-alcohol motifs (C(OH)–C–C–N with tert-alkyl or cyclic N) is 1. The Kier molecular flexibility index (Phi) is 8.45. The van der Waals surface area contributed by atoms with Crippen LogP contribution in [0.25, 0.3) is 32.9 Å². The molecule has 0 radical (unpaired) electrons. The van der Waals surface area contributed by atoms with Gasteiger partial charge in [-0.15, -0.1) is 6.42 Å². The molecule has 4 heterocycles. The van der Waals surface area contributed by atoms with Crippen LogP contribution in [0.1, 0.15) is 38.2 Å². The molecule has 1 aliphatic carbocycles. The number of likely N-dealkylation sites (tertiary alicyclic amines) is 1. The van der Waals surface area contributed by atoms with Crippen molar-refractivity contribution in [3.8, 4) is 41.2 Å². The summed E-state index contributed by atoms with van der Waals surface area (Å²) in [5.74, 6) is 0.651. The number of nitrogens with zero attached hydrogens (tertiary/aromatic N) is 5. The number of terminal acetylenes is 1. The van der Waals surface area contributed by atoms with E-state index < -0.39 is 28.8 Å². The zero-order valence-corrected chi connectivity index (χ0v) is 27.6. The van der Waals surface area contributed by atoms with E-state index in [-0.39, 0.29) is 95.5 Å². The molecule has 3 fully saturated rings. The fourth-order valence-electron chi connectivity index (χ4n) is 8.09. The molecule has 4 aromatic rings. The lowest BCUT2D eigenvalue weighted by atomic mass is 9.75. The highest BCUT2D eigenvalue weighted by atomic mass is 19.1. The van der Waals surface area contributed by atoms with Crippen molar-refractivity contribution >= 4 is 27.5 Å². The smallest absolute Gasteiger partial charge is 0.319 e. The van der Waals surface area contributed by atoms with E-state index in [1.807, 2.05) is 11.9 Å². The Morgan fingerprint density at radius 2 is 2.00 bits per heavy atom. The number of phenolic OH excluding ortho intramolecular Hbond substituents is 1. The van der Waals surface area contributed by atoms with Gasteiger partial charge in [-0.05, 0) is 56.8 Å². The summed E-state index contributed by atoms with van der Waals surface area (Å²) in [7, 11) is 3.28. The maximum absolute atomic E-state index is 17.1. The molecule has 0 bridgehead atoms. The number of aliphatic hydroxyl groups is 1. The molecular formula is C36H38F3N5O5. The van der Waals surface area contributed by atoms with Crippen LogP contribution < -0.4 is 14.4 Å². The lowest BCUT2D eigenvalue weighted by Crippen LogP contribution is -2.54. The number of alkyl halides is 1. The van der Waals surface area contributed by atoms with Crippen molar-refractivity contribution in [2.24, 2.45) is 5.41 Å². The fourth-order valence-corrected chi connectivity index (χ4v) is 8.09. The van der Waals surface area contributed by atoms with E-state index in [0.29, 0.717) is 18.4 Å². The number of pyridine rings is 1. The van der Waals surface area contributed by atoms with Crippen LogP contribution in [0.15, 0.2) is 24.3 Å². The first-order chi connectivity index (χ1) is 23.4. The number of aromatic nitrogens is 3. The monoisotopic (exact) mass is 677 g/mol. The molecule has 4 atom stereocenters. The molecule has 0 spiro atoms. The summed E-state index contributed by atoms with van der Waals surface area (Å²) in [6, 6.07) is 5.24. The Hall–Kier alpha value is -4.38. The second-order valence-corrected chi connectivity index (χ2v) is 13.8. The number of ether oxygens (including phenoxy) is 3. The number of rotatable bonds is 6. The molecule has 49 heavy (non-hydrogen) atoms. The number of fused-ring (bicyclic) bond motifs is 3. The quantitative estimate of drug-likeness (QED) is 0.271. The van der Waals surface area contributed by atoms with Crippen LogP contribution in [0.5, 0.6) is 17.6 Å². The van der Waals surface area contributed by atoms with Crippen LogP contribution in [-0.2, 0) is 4.74 Å². The zero-order valence-electron chi connectivity index (χ0n) is 27.6. The third kappa shape index (κ3) is 5.85. The number of hydrogen-bond acceptors (Lipinski definition) is 10. The van der Waals surface area contributed by atoms with Gasteiger partial charge < -0.3 is 29.3 Å². The second-order valence-electron chi connectivity index (χ2n) is 13.8. The summed E-state index contributed by atoms with van der Waals surface area (Å²) >= 11 is 0. The first-order valence-corrected chi connectivity index (χ1v) is 16.3. The zero-order chi connectivity index (χ0) is 34.7. The van der Waals surface area contributed by atoms with E-state index in [4.69, 9.17) is 25.6 Å². The number of hydrogen-bond donors (Lipinski definition) is 2. The molecule has 0 amide bonds. The molecule has 13 heteroatoms. The molecule has 2 saturated heterocycles. The van der Waals surface area contributed by atoms with Crippen molar-refractivity contribution in [2.75, 3.05) is 58.5 Å². The fraction of sp³-hybridized carbons (Fsp3) is 0.472. The topological polar surface area (TPSA) is 113 Å². The van der Waals surface area contributed by atoms with Crippen LogP contribution in [0.3, 0.4) is 0 Å². The Bertz CT molecular complexity index is 1990. The third-order valence-electron chi connectivity index (χ3n) is 10.1. The van der Waals surface area contributed by atoms with Gasteiger partial charge in [0.2, 0.25) is 5.88 Å². The van der Waals surface area contributed by atoms with Gasteiger partial charge in [0.15, 0.2) is 5.82 Å². The number of halogens is 3. The summed E-state index contributed by atoms with van der Waals surface area (Å²) in [5.41, 5.74) is -2.35. The highest BCUT2D eigenvalue weighted by Gasteiger charge is 2.50. The number of piperidine rings is 1. The van der Waals surface area contributed by atoms with Gasteiger partial charge in [0.25, 0.3) is 0 Å². The Morgan fingerprint density at radius 1 is 1.18 bits per heavy atom. The molecule has 7 rings (SSSR count). The van der Waals surface area contributed by atoms with Gasteiger partial charge in [0.1, 0.15) is 45.8 Å². The van der Waals surface area contributed by atoms with E-state index in [1.165, 1.54) is 31.4 Å². The molecule has 2 aromatic heterocycles. The van der Waals surface area contributed by atoms with Gasteiger partial charge in [-0.25, -0.2) is 18.2 Å². The number of phenols is 1. The normalized spacial score (nSPS) is 26.0. The van der Waals surface area contributed by atoms with E-state index in [1.54, 1.807) is 11.8 Å². The van der Waals surface area contributed by atoms with Crippen molar-refractivity contribution in [2.45, 2.75) is 50.4 Å². The van der Waals surface area contributed by atoms with Crippen molar-refractivity contribution < 1.29 is 37.6 Å². The number of aromatic hydroxyl groups is 1. The van der Waals surface area contributed by atoms with Crippen molar-refractivity contribution in [3.05, 3.63) is 41.5 Å². The van der Waals surface area contributed by atoms with Crippen LogP contribution in [0, 0.1) is 29.4 Å².